The van der Waals surface area contributed by atoms with Gasteiger partial charge in [-0.3, -0.25) is 9.59 Å². The molecule has 2 heterocycles. The van der Waals surface area contributed by atoms with Crippen LogP contribution in [-0.4, -0.2) is 42.1 Å². The molecule has 1 N–H and O–H groups in total. The molecule has 1 aromatic heterocycles. The van der Waals surface area contributed by atoms with E-state index in [-0.39, 0.29) is 37.2 Å². The minimum Gasteiger partial charge on any atom is -0.481 e. The van der Waals surface area contributed by atoms with Crippen LogP contribution in [0.5, 0.6) is 0 Å². The number of rotatable bonds is 5. The van der Waals surface area contributed by atoms with E-state index in [9.17, 15) is 19.1 Å². The Morgan fingerprint density at radius 3 is 2.60 bits per heavy atom. The molecule has 0 saturated carbocycles. The number of benzene rings is 1. The Bertz CT molecular complexity index is 770. The Morgan fingerprint density at radius 1 is 1.24 bits per heavy atom. The van der Waals surface area contributed by atoms with Gasteiger partial charge >= 0.3 is 5.97 Å². The highest BCUT2D eigenvalue weighted by molar-refractivity contribution is 5.92. The molecule has 0 bridgehead atoms. The number of amides is 1. The Labute approximate surface area is 143 Å². The normalized spacial score (nSPS) is 20.0. The van der Waals surface area contributed by atoms with Crippen LogP contribution in [0, 0.1) is 11.7 Å². The lowest BCUT2D eigenvalue weighted by molar-refractivity contribution is -0.141. The molecule has 7 heteroatoms. The van der Waals surface area contributed by atoms with Crippen molar-refractivity contribution < 1.29 is 28.2 Å². The Hall–Kier alpha value is -2.67. The Kier molecular flexibility index (Phi) is 4.85. The molecule has 0 spiro atoms. The smallest absolute Gasteiger partial charge is 0.308 e. The van der Waals surface area contributed by atoms with E-state index in [1.54, 1.807) is 24.3 Å². The number of carboxylic acids is 1. The Morgan fingerprint density at radius 2 is 1.96 bits per heavy atom. The van der Waals surface area contributed by atoms with Gasteiger partial charge in [0.25, 0.3) is 5.91 Å². The van der Waals surface area contributed by atoms with E-state index in [2.05, 4.69) is 0 Å². The summed E-state index contributed by atoms with van der Waals surface area (Å²) in [6.07, 6.45) is 0. The van der Waals surface area contributed by atoms with Crippen LogP contribution in [0.1, 0.15) is 27.8 Å². The number of carbonyl (C=O) groups excluding carboxylic acids is 1. The van der Waals surface area contributed by atoms with Crippen LogP contribution in [0.25, 0.3) is 0 Å². The topological polar surface area (TPSA) is 80.0 Å². The third-order valence-electron chi connectivity index (χ3n) is 4.38. The van der Waals surface area contributed by atoms with Gasteiger partial charge in [0.1, 0.15) is 18.2 Å². The van der Waals surface area contributed by atoms with Gasteiger partial charge < -0.3 is 19.2 Å². The van der Waals surface area contributed by atoms with Gasteiger partial charge in [0.15, 0.2) is 5.76 Å². The molecular weight excluding hydrogens is 329 g/mol. The summed E-state index contributed by atoms with van der Waals surface area (Å²) in [6.45, 7) is 0.571. The zero-order valence-electron chi connectivity index (χ0n) is 13.6. The van der Waals surface area contributed by atoms with Crippen molar-refractivity contribution in [3.05, 3.63) is 59.3 Å². The van der Waals surface area contributed by atoms with Gasteiger partial charge in [-0.05, 0) is 29.8 Å². The van der Waals surface area contributed by atoms with Gasteiger partial charge in [-0.25, -0.2) is 4.39 Å². The predicted molar refractivity (Wildman–Crippen MR) is 85.6 cm³/mol. The van der Waals surface area contributed by atoms with Crippen molar-refractivity contribution in [2.24, 2.45) is 5.92 Å². The standard InChI is InChI=1S/C18H18FNO5/c1-24-10-13-6-7-16(25-13)17(21)20-8-14(15(9-20)18(22)23)11-2-4-12(19)5-3-11/h2-7,14-15H,8-10H2,1H3,(H,22,23)/t14-,15+/m1/s1. The number of likely N-dealkylation sites (tertiary alicyclic amines) is 1. The lowest BCUT2D eigenvalue weighted by Gasteiger charge is -2.15. The lowest BCUT2D eigenvalue weighted by Crippen LogP contribution is -2.29. The van der Waals surface area contributed by atoms with Crippen molar-refractivity contribution in [1.82, 2.24) is 4.90 Å². The van der Waals surface area contributed by atoms with Gasteiger partial charge in [-0.2, -0.15) is 0 Å². The van der Waals surface area contributed by atoms with E-state index in [1.165, 1.54) is 24.1 Å². The third kappa shape index (κ3) is 3.56. The lowest BCUT2D eigenvalue weighted by atomic mass is 9.89. The predicted octanol–water partition coefficient (Wildman–Crippen LogP) is 2.51. The fourth-order valence-corrected chi connectivity index (χ4v) is 3.14. The third-order valence-corrected chi connectivity index (χ3v) is 4.38. The fourth-order valence-electron chi connectivity index (χ4n) is 3.14. The van der Waals surface area contributed by atoms with E-state index in [4.69, 9.17) is 9.15 Å². The van der Waals surface area contributed by atoms with Crippen LogP contribution < -0.4 is 0 Å². The summed E-state index contributed by atoms with van der Waals surface area (Å²) in [7, 11) is 1.52. The first-order chi connectivity index (χ1) is 12.0. The average Bonchev–Trinajstić information content (AvgIpc) is 3.22. The molecular formula is C18H18FNO5. The second-order valence-corrected chi connectivity index (χ2v) is 6.01. The van der Waals surface area contributed by atoms with Crippen molar-refractivity contribution in [3.63, 3.8) is 0 Å². The Balaban J connectivity index is 1.80. The number of methoxy groups -OCH3 is 1. The molecule has 1 aromatic carbocycles. The number of aliphatic carboxylic acids is 1. The molecule has 1 fully saturated rings. The number of hydrogen-bond acceptors (Lipinski definition) is 4. The molecule has 1 saturated heterocycles. The molecule has 2 atom stereocenters. The molecule has 2 aromatic rings. The number of nitrogens with zero attached hydrogens (tertiary/aromatic N) is 1. The first-order valence-electron chi connectivity index (χ1n) is 7.84. The van der Waals surface area contributed by atoms with Gasteiger partial charge in [-0.15, -0.1) is 0 Å². The first kappa shape index (κ1) is 17.2. The second-order valence-electron chi connectivity index (χ2n) is 6.01. The van der Waals surface area contributed by atoms with E-state index in [0.29, 0.717) is 11.3 Å². The monoisotopic (exact) mass is 347 g/mol. The van der Waals surface area contributed by atoms with E-state index < -0.39 is 17.8 Å². The minimum atomic E-state index is -0.982. The SMILES string of the molecule is COCc1ccc(C(=O)N2C[C@H](C(=O)O)[C@@H](c3ccc(F)cc3)C2)o1. The molecule has 1 aliphatic heterocycles. The van der Waals surface area contributed by atoms with Crippen molar-refractivity contribution in [1.29, 1.82) is 0 Å². The number of carboxylic acid groups (broad SMARTS) is 1. The molecule has 25 heavy (non-hydrogen) atoms. The van der Waals surface area contributed by atoms with Gasteiger partial charge in [0, 0.05) is 26.1 Å². The van der Waals surface area contributed by atoms with Crippen molar-refractivity contribution in [2.75, 3.05) is 20.2 Å². The molecule has 6 nitrogen and oxygen atoms in total. The average molecular weight is 347 g/mol. The quantitative estimate of drug-likeness (QED) is 0.899. The highest BCUT2D eigenvalue weighted by atomic mass is 19.1. The van der Waals surface area contributed by atoms with Crippen LogP contribution in [0.4, 0.5) is 4.39 Å². The highest BCUT2D eigenvalue weighted by Crippen LogP contribution is 2.34. The van der Waals surface area contributed by atoms with Crippen LogP contribution >= 0.6 is 0 Å². The summed E-state index contributed by atoms with van der Waals surface area (Å²) in [5.41, 5.74) is 0.698. The summed E-state index contributed by atoms with van der Waals surface area (Å²) in [6, 6.07) is 8.92. The highest BCUT2D eigenvalue weighted by Gasteiger charge is 2.41. The molecule has 1 amide bonds. The maximum atomic E-state index is 13.1. The van der Waals surface area contributed by atoms with Crippen molar-refractivity contribution >= 4 is 11.9 Å². The molecule has 1 aliphatic rings. The molecule has 3 rings (SSSR count). The second kappa shape index (κ2) is 7.06. The summed E-state index contributed by atoms with van der Waals surface area (Å²) in [5, 5.41) is 9.49. The molecule has 0 aliphatic carbocycles. The summed E-state index contributed by atoms with van der Waals surface area (Å²) in [4.78, 5) is 25.7. The van der Waals surface area contributed by atoms with Crippen LogP contribution in [0.2, 0.25) is 0 Å². The van der Waals surface area contributed by atoms with E-state index in [0.717, 1.165) is 0 Å². The number of ether oxygens (including phenoxy) is 1. The van der Waals surface area contributed by atoms with Crippen LogP contribution in [0.15, 0.2) is 40.8 Å². The summed E-state index contributed by atoms with van der Waals surface area (Å²) in [5.74, 6) is -2.20. The molecule has 132 valence electrons. The minimum absolute atomic E-state index is 0.0799. The number of carbonyl (C=O) groups is 2. The van der Waals surface area contributed by atoms with Crippen LogP contribution in [0.3, 0.4) is 0 Å². The fraction of sp³-hybridized carbons (Fsp3) is 0.333. The van der Waals surface area contributed by atoms with E-state index >= 15 is 0 Å². The van der Waals surface area contributed by atoms with Gasteiger partial charge in [-0.1, -0.05) is 12.1 Å². The maximum absolute atomic E-state index is 13.1. The number of hydrogen-bond donors (Lipinski definition) is 1. The van der Waals surface area contributed by atoms with Crippen molar-refractivity contribution in [3.8, 4) is 0 Å². The van der Waals surface area contributed by atoms with Gasteiger partial charge in [0.2, 0.25) is 0 Å². The first-order valence-corrected chi connectivity index (χ1v) is 7.84. The van der Waals surface area contributed by atoms with E-state index in [1.807, 2.05) is 0 Å². The number of halogens is 1. The molecule has 0 radical (unpaired) electrons. The largest absolute Gasteiger partial charge is 0.481 e. The van der Waals surface area contributed by atoms with Gasteiger partial charge in [0.05, 0.1) is 5.92 Å². The molecule has 0 unspecified atom stereocenters. The van der Waals surface area contributed by atoms with Crippen LogP contribution in [-0.2, 0) is 16.1 Å². The zero-order chi connectivity index (χ0) is 18.0. The zero-order valence-corrected chi connectivity index (χ0v) is 13.6. The summed E-state index contributed by atoms with van der Waals surface area (Å²) >= 11 is 0. The summed E-state index contributed by atoms with van der Waals surface area (Å²) < 4.78 is 23.5. The van der Waals surface area contributed by atoms with Crippen molar-refractivity contribution in [2.45, 2.75) is 12.5 Å². The number of furan rings is 1. The maximum Gasteiger partial charge on any atom is 0.308 e.